The molecule has 16 heavy (non-hydrogen) atoms. The molecule has 0 bridgehead atoms. The molecule has 2 heteroatoms. The van der Waals surface area contributed by atoms with Gasteiger partial charge >= 0.3 is 0 Å². The third-order valence-electron chi connectivity index (χ3n) is 2.67. The van der Waals surface area contributed by atoms with Crippen LogP contribution < -0.4 is 4.74 Å². The maximum Gasteiger partial charge on any atom is 0.136 e. The highest BCUT2D eigenvalue weighted by Gasteiger charge is 2.07. The molecule has 0 aromatic heterocycles. The summed E-state index contributed by atoms with van der Waals surface area (Å²) in [6.45, 7) is 4.70. The molecule has 1 aromatic carbocycles. The number of hydrogen-bond donors (Lipinski definition) is 0. The molecule has 0 heterocycles. The van der Waals surface area contributed by atoms with E-state index < -0.39 is 0 Å². The Morgan fingerprint density at radius 2 is 2.00 bits per heavy atom. The van der Waals surface area contributed by atoms with Crippen LogP contribution in [0.3, 0.4) is 0 Å². The van der Waals surface area contributed by atoms with Crippen LogP contribution in [-0.2, 0) is 4.79 Å². The largest absolute Gasteiger partial charge is 0.493 e. The summed E-state index contributed by atoms with van der Waals surface area (Å²) in [4.78, 5) is 11.5. The smallest absolute Gasteiger partial charge is 0.136 e. The van der Waals surface area contributed by atoms with Crippen molar-refractivity contribution in [2.75, 3.05) is 6.61 Å². The van der Waals surface area contributed by atoms with Crippen LogP contribution in [0.25, 0.3) is 0 Å². The van der Waals surface area contributed by atoms with Crippen molar-refractivity contribution >= 4 is 5.78 Å². The molecule has 0 amide bonds. The number of carbonyl (C=O) groups is 1. The van der Waals surface area contributed by atoms with Gasteiger partial charge in [-0.05, 0) is 18.1 Å². The van der Waals surface area contributed by atoms with Crippen LogP contribution in [0.1, 0.15) is 33.1 Å². The first-order valence-electron chi connectivity index (χ1n) is 5.92. The highest BCUT2D eigenvalue weighted by molar-refractivity contribution is 5.78. The molecule has 1 aromatic rings. The summed E-state index contributed by atoms with van der Waals surface area (Å²) < 4.78 is 5.47. The van der Waals surface area contributed by atoms with Gasteiger partial charge in [0.2, 0.25) is 0 Å². The lowest BCUT2D eigenvalue weighted by Gasteiger charge is -2.08. The number of benzene rings is 1. The lowest BCUT2D eigenvalue weighted by Crippen LogP contribution is -2.09. The van der Waals surface area contributed by atoms with E-state index in [0.29, 0.717) is 31.1 Å². The molecule has 88 valence electrons. The topological polar surface area (TPSA) is 26.3 Å². The fraction of sp³-hybridized carbons (Fsp3) is 0.500. The monoisotopic (exact) mass is 220 g/mol. The number of hydrogen-bond acceptors (Lipinski definition) is 2. The fourth-order valence-corrected chi connectivity index (χ4v) is 1.43. The maximum absolute atomic E-state index is 11.5. The van der Waals surface area contributed by atoms with Gasteiger partial charge in [0, 0.05) is 12.8 Å². The van der Waals surface area contributed by atoms with Crippen LogP contribution in [-0.4, -0.2) is 12.4 Å². The molecule has 0 saturated heterocycles. The van der Waals surface area contributed by atoms with E-state index in [4.69, 9.17) is 4.74 Å². The summed E-state index contributed by atoms with van der Waals surface area (Å²) in [6, 6.07) is 9.60. The average molecular weight is 220 g/mol. The second-order valence-electron chi connectivity index (χ2n) is 4.17. The number of ketones is 1. The van der Waals surface area contributed by atoms with E-state index >= 15 is 0 Å². The number of para-hydroxylation sites is 1. The molecular weight excluding hydrogens is 200 g/mol. The summed E-state index contributed by atoms with van der Waals surface area (Å²) in [7, 11) is 0. The molecule has 0 saturated carbocycles. The molecule has 0 aliphatic heterocycles. The van der Waals surface area contributed by atoms with Crippen LogP contribution in [0.4, 0.5) is 0 Å². The molecule has 0 spiro atoms. The first kappa shape index (κ1) is 12.8. The van der Waals surface area contributed by atoms with Crippen molar-refractivity contribution in [1.82, 2.24) is 0 Å². The molecule has 1 rings (SSSR count). The number of ether oxygens (including phenoxy) is 1. The molecule has 0 fully saturated rings. The van der Waals surface area contributed by atoms with Crippen LogP contribution in [0.15, 0.2) is 30.3 Å². The standard InChI is InChI=1S/C14H20O2/c1-3-12(2)11-13(15)9-10-16-14-7-5-4-6-8-14/h4-8,12H,3,9-11H2,1-2H3. The summed E-state index contributed by atoms with van der Waals surface area (Å²) in [6.07, 6.45) is 2.25. The van der Waals surface area contributed by atoms with Gasteiger partial charge in [0.1, 0.15) is 11.5 Å². The SMILES string of the molecule is CCC(C)CC(=O)CCOc1ccccc1. The van der Waals surface area contributed by atoms with Gasteiger partial charge < -0.3 is 4.74 Å². The van der Waals surface area contributed by atoms with Gasteiger partial charge in [0.15, 0.2) is 0 Å². The van der Waals surface area contributed by atoms with Gasteiger partial charge in [0.25, 0.3) is 0 Å². The second kappa shape index (κ2) is 7.04. The first-order chi connectivity index (χ1) is 7.72. The molecule has 1 unspecified atom stereocenters. The zero-order valence-corrected chi connectivity index (χ0v) is 10.1. The van der Waals surface area contributed by atoms with Crippen LogP contribution >= 0.6 is 0 Å². The molecule has 1 atom stereocenters. The van der Waals surface area contributed by atoms with Crippen molar-refractivity contribution in [3.05, 3.63) is 30.3 Å². The molecule has 0 aliphatic rings. The Balaban J connectivity index is 2.18. The predicted octanol–water partition coefficient (Wildman–Crippen LogP) is 3.46. The predicted molar refractivity (Wildman–Crippen MR) is 65.6 cm³/mol. The maximum atomic E-state index is 11.5. The third-order valence-corrected chi connectivity index (χ3v) is 2.67. The summed E-state index contributed by atoms with van der Waals surface area (Å²) in [5.41, 5.74) is 0. The van der Waals surface area contributed by atoms with Crippen molar-refractivity contribution in [1.29, 1.82) is 0 Å². The normalized spacial score (nSPS) is 12.1. The molecular formula is C14H20O2. The minimum atomic E-state index is 0.297. The Kier molecular flexibility index (Phi) is 5.62. The summed E-state index contributed by atoms with van der Waals surface area (Å²) >= 11 is 0. The number of Topliss-reactive ketones (excluding diaryl/α,β-unsaturated/α-hetero) is 1. The number of rotatable bonds is 7. The van der Waals surface area contributed by atoms with Gasteiger partial charge in [-0.15, -0.1) is 0 Å². The molecule has 0 N–H and O–H groups in total. The van der Waals surface area contributed by atoms with Gasteiger partial charge in [-0.1, -0.05) is 38.5 Å². The highest BCUT2D eigenvalue weighted by atomic mass is 16.5. The van der Waals surface area contributed by atoms with Crippen molar-refractivity contribution in [3.8, 4) is 5.75 Å². The van der Waals surface area contributed by atoms with Crippen LogP contribution in [0.2, 0.25) is 0 Å². The number of carbonyl (C=O) groups excluding carboxylic acids is 1. The molecule has 2 nitrogen and oxygen atoms in total. The fourth-order valence-electron chi connectivity index (χ4n) is 1.43. The Morgan fingerprint density at radius 1 is 1.31 bits per heavy atom. The van der Waals surface area contributed by atoms with Crippen molar-refractivity contribution < 1.29 is 9.53 Å². The van der Waals surface area contributed by atoms with Gasteiger partial charge in [-0.2, -0.15) is 0 Å². The van der Waals surface area contributed by atoms with E-state index in [-0.39, 0.29) is 0 Å². The Morgan fingerprint density at radius 3 is 2.62 bits per heavy atom. The molecule has 0 radical (unpaired) electrons. The lowest BCUT2D eigenvalue weighted by atomic mass is 10.0. The third kappa shape index (κ3) is 4.96. The lowest BCUT2D eigenvalue weighted by molar-refractivity contribution is -0.120. The zero-order chi connectivity index (χ0) is 11.8. The zero-order valence-electron chi connectivity index (χ0n) is 10.1. The van der Waals surface area contributed by atoms with E-state index in [2.05, 4.69) is 13.8 Å². The van der Waals surface area contributed by atoms with Crippen molar-refractivity contribution in [3.63, 3.8) is 0 Å². The van der Waals surface area contributed by atoms with Gasteiger partial charge in [0.05, 0.1) is 6.61 Å². The first-order valence-corrected chi connectivity index (χ1v) is 5.92. The van der Waals surface area contributed by atoms with E-state index in [9.17, 15) is 4.79 Å². The van der Waals surface area contributed by atoms with E-state index in [1.807, 2.05) is 30.3 Å². The van der Waals surface area contributed by atoms with E-state index in [1.165, 1.54) is 0 Å². The van der Waals surface area contributed by atoms with Crippen LogP contribution in [0, 0.1) is 5.92 Å². The quantitative estimate of drug-likeness (QED) is 0.703. The van der Waals surface area contributed by atoms with Crippen LogP contribution in [0.5, 0.6) is 5.75 Å². The van der Waals surface area contributed by atoms with Gasteiger partial charge in [-0.3, -0.25) is 4.79 Å². The second-order valence-corrected chi connectivity index (χ2v) is 4.17. The van der Waals surface area contributed by atoms with Crippen molar-refractivity contribution in [2.24, 2.45) is 5.92 Å². The molecule has 0 aliphatic carbocycles. The van der Waals surface area contributed by atoms with E-state index in [1.54, 1.807) is 0 Å². The highest BCUT2D eigenvalue weighted by Crippen LogP contribution is 2.11. The summed E-state index contributed by atoms with van der Waals surface area (Å²) in [5, 5.41) is 0. The minimum absolute atomic E-state index is 0.297. The minimum Gasteiger partial charge on any atom is -0.493 e. The Labute approximate surface area is 97.6 Å². The summed E-state index contributed by atoms with van der Waals surface area (Å²) in [5.74, 6) is 1.62. The van der Waals surface area contributed by atoms with Gasteiger partial charge in [-0.25, -0.2) is 0 Å². The van der Waals surface area contributed by atoms with E-state index in [0.717, 1.165) is 12.2 Å². The Hall–Kier alpha value is -1.31. The average Bonchev–Trinajstić information content (AvgIpc) is 2.30. The van der Waals surface area contributed by atoms with Crippen molar-refractivity contribution in [2.45, 2.75) is 33.1 Å². The Bertz CT molecular complexity index is 306.